The molecule has 134 valence electrons. The molecule has 2 aromatic heterocycles. The highest BCUT2D eigenvalue weighted by molar-refractivity contribution is 8.00. The summed E-state index contributed by atoms with van der Waals surface area (Å²) < 4.78 is 7.61. The number of nitrogens with zero attached hydrogens (tertiary/aromatic N) is 5. The quantitative estimate of drug-likeness (QED) is 0.776. The molecule has 1 aliphatic rings. The van der Waals surface area contributed by atoms with Crippen molar-refractivity contribution in [2.24, 2.45) is 7.05 Å². The van der Waals surface area contributed by atoms with E-state index in [2.05, 4.69) is 15.2 Å². The van der Waals surface area contributed by atoms with Crippen molar-refractivity contribution in [1.29, 1.82) is 0 Å². The highest BCUT2D eigenvalue weighted by Crippen LogP contribution is 2.27. The van der Waals surface area contributed by atoms with Crippen molar-refractivity contribution in [2.75, 3.05) is 13.1 Å². The SMILES string of the molecule is CC1CN(C(=O)C(C)Sc2nnc(-c3ccncc3)n2C)CC(C)O1. The third-order valence-corrected chi connectivity index (χ3v) is 5.26. The molecule has 3 unspecified atom stereocenters. The Morgan fingerprint density at radius 3 is 2.52 bits per heavy atom. The molecule has 1 amide bonds. The van der Waals surface area contributed by atoms with Gasteiger partial charge >= 0.3 is 0 Å². The van der Waals surface area contributed by atoms with Gasteiger partial charge in [-0.2, -0.15) is 0 Å². The van der Waals surface area contributed by atoms with Gasteiger partial charge in [-0.1, -0.05) is 11.8 Å². The normalized spacial score (nSPS) is 22.0. The fraction of sp³-hybridized carbons (Fsp3) is 0.529. The summed E-state index contributed by atoms with van der Waals surface area (Å²) in [6.07, 6.45) is 3.59. The van der Waals surface area contributed by atoms with E-state index in [0.29, 0.717) is 13.1 Å². The van der Waals surface area contributed by atoms with Crippen LogP contribution in [0.5, 0.6) is 0 Å². The van der Waals surface area contributed by atoms with Gasteiger partial charge in [0.1, 0.15) is 0 Å². The van der Waals surface area contributed by atoms with E-state index in [4.69, 9.17) is 4.74 Å². The molecule has 1 saturated heterocycles. The fourth-order valence-electron chi connectivity index (χ4n) is 2.99. The van der Waals surface area contributed by atoms with Crippen LogP contribution in [0, 0.1) is 0 Å². The number of thioether (sulfide) groups is 1. The number of hydrogen-bond acceptors (Lipinski definition) is 6. The van der Waals surface area contributed by atoms with Crippen LogP contribution in [0.4, 0.5) is 0 Å². The van der Waals surface area contributed by atoms with Crippen LogP contribution in [0.15, 0.2) is 29.7 Å². The van der Waals surface area contributed by atoms with Crippen LogP contribution < -0.4 is 0 Å². The fourth-order valence-corrected chi connectivity index (χ4v) is 3.89. The van der Waals surface area contributed by atoms with Crippen molar-refractivity contribution in [3.63, 3.8) is 0 Å². The molecule has 0 saturated carbocycles. The van der Waals surface area contributed by atoms with Crippen molar-refractivity contribution in [1.82, 2.24) is 24.6 Å². The molecule has 1 fully saturated rings. The van der Waals surface area contributed by atoms with Gasteiger partial charge in [0.25, 0.3) is 0 Å². The first-order valence-electron chi connectivity index (χ1n) is 8.36. The third kappa shape index (κ3) is 4.01. The Balaban J connectivity index is 1.70. The first-order valence-corrected chi connectivity index (χ1v) is 9.24. The highest BCUT2D eigenvalue weighted by Gasteiger charge is 2.30. The molecule has 0 aliphatic carbocycles. The number of amides is 1. The molecule has 0 bridgehead atoms. The monoisotopic (exact) mass is 361 g/mol. The second-order valence-corrected chi connectivity index (χ2v) is 7.67. The van der Waals surface area contributed by atoms with E-state index >= 15 is 0 Å². The van der Waals surface area contributed by atoms with E-state index in [1.54, 1.807) is 12.4 Å². The Hall–Kier alpha value is -1.93. The lowest BCUT2D eigenvalue weighted by Crippen LogP contribution is -2.50. The van der Waals surface area contributed by atoms with Gasteiger partial charge in [0.05, 0.1) is 17.5 Å². The summed E-state index contributed by atoms with van der Waals surface area (Å²) in [5, 5.41) is 9.00. The van der Waals surface area contributed by atoms with Crippen LogP contribution >= 0.6 is 11.8 Å². The lowest BCUT2D eigenvalue weighted by molar-refractivity contribution is -0.142. The van der Waals surface area contributed by atoms with Crippen LogP contribution in [0.2, 0.25) is 0 Å². The summed E-state index contributed by atoms with van der Waals surface area (Å²) >= 11 is 1.43. The largest absolute Gasteiger partial charge is 0.372 e. The van der Waals surface area contributed by atoms with Gasteiger partial charge < -0.3 is 14.2 Å². The van der Waals surface area contributed by atoms with Crippen LogP contribution in [0.1, 0.15) is 20.8 Å². The van der Waals surface area contributed by atoms with E-state index in [0.717, 1.165) is 16.5 Å². The number of pyridine rings is 1. The standard InChI is InChI=1S/C17H23N5O2S/c1-11-9-22(10-12(2)24-11)16(23)13(3)25-17-20-19-15(21(17)4)14-5-7-18-8-6-14/h5-8,11-13H,9-10H2,1-4H3. The molecule has 2 aromatic rings. The average Bonchev–Trinajstić information content (AvgIpc) is 2.94. The summed E-state index contributed by atoms with van der Waals surface area (Å²) in [5.74, 6) is 0.874. The number of carbonyl (C=O) groups excluding carboxylic acids is 1. The average molecular weight is 361 g/mol. The van der Waals surface area contributed by atoms with E-state index in [-0.39, 0.29) is 23.4 Å². The van der Waals surface area contributed by atoms with E-state index in [9.17, 15) is 4.79 Å². The molecule has 3 rings (SSSR count). The van der Waals surface area contributed by atoms with Gasteiger partial charge in [0.15, 0.2) is 11.0 Å². The smallest absolute Gasteiger partial charge is 0.236 e. The predicted octanol–water partition coefficient (Wildman–Crippen LogP) is 1.99. The van der Waals surface area contributed by atoms with Gasteiger partial charge in [-0.25, -0.2) is 0 Å². The van der Waals surface area contributed by atoms with Gasteiger partial charge in [-0.3, -0.25) is 9.78 Å². The number of aromatic nitrogens is 4. The summed E-state index contributed by atoms with van der Waals surface area (Å²) in [5.41, 5.74) is 0.951. The van der Waals surface area contributed by atoms with Crippen molar-refractivity contribution < 1.29 is 9.53 Å². The van der Waals surface area contributed by atoms with Crippen molar-refractivity contribution >= 4 is 17.7 Å². The van der Waals surface area contributed by atoms with Gasteiger partial charge in [0, 0.05) is 38.1 Å². The molecular weight excluding hydrogens is 338 g/mol. The second-order valence-electron chi connectivity index (χ2n) is 6.36. The number of rotatable bonds is 4. The minimum Gasteiger partial charge on any atom is -0.372 e. The zero-order valence-electron chi connectivity index (χ0n) is 14.9. The Morgan fingerprint density at radius 1 is 1.24 bits per heavy atom. The third-order valence-electron chi connectivity index (χ3n) is 4.13. The summed E-state index contributed by atoms with van der Waals surface area (Å²) in [6.45, 7) is 7.18. The maximum Gasteiger partial charge on any atom is 0.236 e. The first kappa shape index (κ1) is 17.9. The number of carbonyl (C=O) groups is 1. The molecule has 25 heavy (non-hydrogen) atoms. The van der Waals surface area contributed by atoms with Gasteiger partial charge in [-0.15, -0.1) is 10.2 Å². The topological polar surface area (TPSA) is 73.1 Å². The van der Waals surface area contributed by atoms with Gasteiger partial charge in [-0.05, 0) is 32.9 Å². The summed E-state index contributed by atoms with van der Waals surface area (Å²) in [6, 6.07) is 3.78. The second kappa shape index (κ2) is 7.53. The minimum atomic E-state index is -0.231. The van der Waals surface area contributed by atoms with Crippen LogP contribution in [-0.4, -0.2) is 61.1 Å². The number of hydrogen-bond donors (Lipinski definition) is 0. The Bertz CT molecular complexity index is 726. The zero-order valence-corrected chi connectivity index (χ0v) is 15.7. The number of ether oxygens (including phenoxy) is 1. The van der Waals surface area contributed by atoms with Crippen LogP contribution in [0.3, 0.4) is 0 Å². The predicted molar refractivity (Wildman–Crippen MR) is 96.1 cm³/mol. The van der Waals surface area contributed by atoms with Crippen molar-refractivity contribution in [3.05, 3.63) is 24.5 Å². The molecule has 0 spiro atoms. The Labute approximate surface area is 151 Å². The van der Waals surface area contributed by atoms with Crippen molar-refractivity contribution in [3.8, 4) is 11.4 Å². The molecule has 1 aliphatic heterocycles. The summed E-state index contributed by atoms with van der Waals surface area (Å²) in [7, 11) is 1.91. The van der Waals surface area contributed by atoms with E-state index in [1.165, 1.54) is 11.8 Å². The van der Waals surface area contributed by atoms with Crippen LogP contribution in [-0.2, 0) is 16.6 Å². The molecular formula is C17H23N5O2S. The first-order chi connectivity index (χ1) is 12.0. The molecule has 3 heterocycles. The Morgan fingerprint density at radius 2 is 1.88 bits per heavy atom. The molecule has 0 N–H and O–H groups in total. The highest BCUT2D eigenvalue weighted by atomic mass is 32.2. The Kier molecular flexibility index (Phi) is 5.39. The maximum atomic E-state index is 12.8. The minimum absolute atomic E-state index is 0.0676. The van der Waals surface area contributed by atoms with E-state index < -0.39 is 0 Å². The zero-order chi connectivity index (χ0) is 18.0. The molecule has 3 atom stereocenters. The lowest BCUT2D eigenvalue weighted by Gasteiger charge is -2.36. The summed E-state index contributed by atoms with van der Waals surface area (Å²) in [4.78, 5) is 18.7. The molecule has 8 heteroatoms. The molecule has 0 radical (unpaired) electrons. The molecule has 7 nitrogen and oxygen atoms in total. The van der Waals surface area contributed by atoms with Crippen LogP contribution in [0.25, 0.3) is 11.4 Å². The maximum absolute atomic E-state index is 12.8. The van der Waals surface area contributed by atoms with Gasteiger partial charge in [0.2, 0.25) is 5.91 Å². The van der Waals surface area contributed by atoms with E-state index in [1.807, 2.05) is 49.4 Å². The number of morpholine rings is 1. The van der Waals surface area contributed by atoms with Crippen molar-refractivity contribution in [2.45, 2.75) is 43.4 Å². The molecule has 0 aromatic carbocycles. The lowest BCUT2D eigenvalue weighted by atomic mass is 10.2.